The van der Waals surface area contributed by atoms with Crippen LogP contribution in [0.4, 0.5) is 26.1 Å². The average Bonchev–Trinajstić information content (AvgIpc) is 3.78. The SMILES string of the molecule is CCc1c(F)ccc2cc(OCOC)cc(N3CCc4c(nc(OC[C@@]56CCCN5C[C@H](F)C6)nc4N4CCCn5nc(N(C)S(C)(=O)=O)cc5C4)C3)c12. The van der Waals surface area contributed by atoms with Gasteiger partial charge < -0.3 is 24.0 Å². The standard InChI is InChI=1S/C38H48F2N8O5S/c1-5-29-31(40)9-8-25-16-28(53-24-51-3)18-33(35(25)29)45-15-10-30-32(22-45)41-37(52-23-38-11-6-13-47(38)20-26(39)19-38)42-36(30)46-12-7-14-48-27(21-46)17-34(43-48)44(2)54(4,49)50/h8-9,16-18,26H,5-7,10-15,19-24H2,1-4H3/t26-,38+/m1/s1. The molecule has 0 amide bonds. The summed E-state index contributed by atoms with van der Waals surface area (Å²) < 4.78 is 75.3. The zero-order valence-corrected chi connectivity index (χ0v) is 32.2. The fourth-order valence-electron chi connectivity index (χ4n) is 8.79. The highest BCUT2D eigenvalue weighted by Crippen LogP contribution is 2.42. The number of nitrogens with zero attached hydrogens (tertiary/aromatic N) is 8. The van der Waals surface area contributed by atoms with Gasteiger partial charge in [-0.15, -0.1) is 0 Å². The first-order valence-electron chi connectivity index (χ1n) is 18.8. The molecule has 4 aliphatic rings. The number of fused-ring (bicyclic) bond motifs is 4. The van der Waals surface area contributed by atoms with Crippen molar-refractivity contribution in [3.63, 3.8) is 0 Å². The molecule has 13 nitrogen and oxygen atoms in total. The van der Waals surface area contributed by atoms with Gasteiger partial charge in [-0.1, -0.05) is 13.0 Å². The highest BCUT2D eigenvalue weighted by atomic mass is 32.2. The van der Waals surface area contributed by atoms with Crippen LogP contribution in [0.15, 0.2) is 30.3 Å². The second-order valence-corrected chi connectivity index (χ2v) is 17.0. The van der Waals surface area contributed by atoms with E-state index >= 15 is 4.39 Å². The summed E-state index contributed by atoms with van der Waals surface area (Å²) in [6, 6.07) is 9.23. The van der Waals surface area contributed by atoms with Gasteiger partial charge in [0.1, 0.15) is 30.2 Å². The Morgan fingerprint density at radius 3 is 2.69 bits per heavy atom. The van der Waals surface area contributed by atoms with Gasteiger partial charge in [-0.05, 0) is 61.7 Å². The molecule has 0 saturated carbocycles. The molecular formula is C38H48F2N8O5S. The summed E-state index contributed by atoms with van der Waals surface area (Å²) in [5.41, 5.74) is 3.80. The van der Waals surface area contributed by atoms with Crippen LogP contribution in [0.2, 0.25) is 0 Å². The average molecular weight is 767 g/mol. The van der Waals surface area contributed by atoms with Crippen LogP contribution in [0, 0.1) is 5.82 Å². The minimum atomic E-state index is -3.49. The lowest BCUT2D eigenvalue weighted by atomic mass is 9.95. The van der Waals surface area contributed by atoms with Crippen molar-refractivity contribution in [2.24, 2.45) is 0 Å². The lowest BCUT2D eigenvalue weighted by Gasteiger charge is -2.35. The Hall–Kier alpha value is -4.28. The van der Waals surface area contributed by atoms with Crippen LogP contribution in [-0.4, -0.2) is 105 Å². The number of sulfonamides is 1. The first-order chi connectivity index (χ1) is 26.0. The van der Waals surface area contributed by atoms with Crippen molar-refractivity contribution in [2.45, 2.75) is 76.8 Å². The topological polar surface area (TPSA) is 118 Å². The Morgan fingerprint density at radius 1 is 1.04 bits per heavy atom. The smallest absolute Gasteiger partial charge is 0.318 e. The third-order valence-electron chi connectivity index (χ3n) is 11.5. The molecule has 0 N–H and O–H groups in total. The number of methoxy groups -OCH3 is 1. The van der Waals surface area contributed by atoms with Crippen LogP contribution in [0.25, 0.3) is 10.8 Å². The molecule has 2 atom stereocenters. The summed E-state index contributed by atoms with van der Waals surface area (Å²) >= 11 is 0. The van der Waals surface area contributed by atoms with Crippen LogP contribution in [0.5, 0.6) is 11.8 Å². The molecule has 0 radical (unpaired) electrons. The van der Waals surface area contributed by atoms with E-state index in [2.05, 4.69) is 19.8 Å². The highest BCUT2D eigenvalue weighted by Gasteiger charge is 2.49. The summed E-state index contributed by atoms with van der Waals surface area (Å²) in [4.78, 5) is 16.8. The van der Waals surface area contributed by atoms with Gasteiger partial charge in [0.05, 0.1) is 36.3 Å². The molecule has 4 aromatic rings. The fourth-order valence-corrected chi connectivity index (χ4v) is 9.22. The zero-order chi connectivity index (χ0) is 37.8. The largest absolute Gasteiger partial charge is 0.467 e. The summed E-state index contributed by atoms with van der Waals surface area (Å²) in [7, 11) is -0.409. The number of aromatic nitrogens is 4. The first-order valence-corrected chi connectivity index (χ1v) is 20.6. The minimum absolute atomic E-state index is 0.0791. The van der Waals surface area contributed by atoms with E-state index in [0.717, 1.165) is 71.3 Å². The number of benzene rings is 2. The van der Waals surface area contributed by atoms with Crippen molar-refractivity contribution in [1.29, 1.82) is 0 Å². The van der Waals surface area contributed by atoms with E-state index in [1.165, 1.54) is 17.4 Å². The van der Waals surface area contributed by atoms with E-state index in [4.69, 9.17) is 24.2 Å². The predicted molar refractivity (Wildman–Crippen MR) is 202 cm³/mol. The zero-order valence-electron chi connectivity index (χ0n) is 31.4. The van der Waals surface area contributed by atoms with Crippen molar-refractivity contribution < 1.29 is 31.4 Å². The number of hydrogen-bond acceptors (Lipinski definition) is 11. The van der Waals surface area contributed by atoms with Crippen molar-refractivity contribution in [3.8, 4) is 11.8 Å². The Labute approximate surface area is 314 Å². The van der Waals surface area contributed by atoms with Crippen LogP contribution < -0.4 is 23.6 Å². The first kappa shape index (κ1) is 36.7. The second kappa shape index (κ2) is 14.4. The molecule has 16 heteroatoms. The minimum Gasteiger partial charge on any atom is -0.467 e. The third kappa shape index (κ3) is 6.80. The second-order valence-electron chi connectivity index (χ2n) is 15.0. The van der Waals surface area contributed by atoms with Gasteiger partial charge in [0.15, 0.2) is 12.6 Å². The molecule has 6 heterocycles. The molecular weight excluding hydrogens is 719 g/mol. The number of alkyl halides is 1. The van der Waals surface area contributed by atoms with Crippen LogP contribution >= 0.6 is 0 Å². The van der Waals surface area contributed by atoms with E-state index in [-0.39, 0.29) is 24.2 Å². The molecule has 54 heavy (non-hydrogen) atoms. The quantitative estimate of drug-likeness (QED) is 0.196. The molecule has 0 spiro atoms. The number of anilines is 3. The molecule has 0 unspecified atom stereocenters. The van der Waals surface area contributed by atoms with Gasteiger partial charge in [0, 0.05) is 75.5 Å². The van der Waals surface area contributed by atoms with Crippen molar-refractivity contribution in [2.75, 3.05) is 74.1 Å². The monoisotopic (exact) mass is 766 g/mol. The number of ether oxygens (including phenoxy) is 3. The van der Waals surface area contributed by atoms with Gasteiger partial charge in [0.25, 0.3) is 0 Å². The maximum absolute atomic E-state index is 15.3. The van der Waals surface area contributed by atoms with Crippen molar-refractivity contribution in [1.82, 2.24) is 24.6 Å². The predicted octanol–water partition coefficient (Wildman–Crippen LogP) is 4.83. The van der Waals surface area contributed by atoms with Gasteiger partial charge >= 0.3 is 6.01 Å². The molecule has 2 fully saturated rings. The molecule has 0 aliphatic carbocycles. The van der Waals surface area contributed by atoms with Crippen LogP contribution in [0.1, 0.15) is 55.1 Å². The summed E-state index contributed by atoms with van der Waals surface area (Å²) in [6.07, 6.45) is 4.48. The van der Waals surface area contributed by atoms with Crippen molar-refractivity contribution >= 4 is 38.1 Å². The Kier molecular flexibility index (Phi) is 9.79. The third-order valence-corrected chi connectivity index (χ3v) is 12.7. The number of halogens is 2. The molecule has 8 rings (SSSR count). The molecule has 4 aliphatic heterocycles. The molecule has 2 aromatic heterocycles. The number of aryl methyl sites for hydroxylation is 2. The lowest BCUT2D eigenvalue weighted by Crippen LogP contribution is -2.43. The molecule has 290 valence electrons. The van der Waals surface area contributed by atoms with E-state index in [0.29, 0.717) is 82.3 Å². The van der Waals surface area contributed by atoms with E-state index < -0.39 is 16.2 Å². The summed E-state index contributed by atoms with van der Waals surface area (Å²) in [5, 5.41) is 6.34. The van der Waals surface area contributed by atoms with E-state index in [1.54, 1.807) is 13.2 Å². The number of hydrogen-bond donors (Lipinski definition) is 0. The normalized spacial score (nSPS) is 21.6. The van der Waals surface area contributed by atoms with E-state index in [1.807, 2.05) is 29.8 Å². The highest BCUT2D eigenvalue weighted by molar-refractivity contribution is 7.92. The molecule has 2 saturated heterocycles. The van der Waals surface area contributed by atoms with E-state index in [9.17, 15) is 12.8 Å². The van der Waals surface area contributed by atoms with Crippen LogP contribution in [0.3, 0.4) is 0 Å². The maximum atomic E-state index is 15.3. The van der Waals surface area contributed by atoms with Gasteiger partial charge in [-0.3, -0.25) is 13.9 Å². The molecule has 0 bridgehead atoms. The van der Waals surface area contributed by atoms with Gasteiger partial charge in [-0.2, -0.15) is 15.1 Å². The van der Waals surface area contributed by atoms with Gasteiger partial charge in [0.2, 0.25) is 10.0 Å². The molecule has 2 aromatic carbocycles. The Morgan fingerprint density at radius 2 is 1.89 bits per heavy atom. The van der Waals surface area contributed by atoms with Crippen LogP contribution in [-0.2, 0) is 47.2 Å². The lowest BCUT2D eigenvalue weighted by molar-refractivity contribution is 0.0512. The van der Waals surface area contributed by atoms with Crippen molar-refractivity contribution in [3.05, 3.63) is 58.7 Å². The Balaban J connectivity index is 1.18. The summed E-state index contributed by atoms with van der Waals surface area (Å²) in [5.74, 6) is 1.51. The van der Waals surface area contributed by atoms with Gasteiger partial charge in [-0.25, -0.2) is 17.2 Å². The fraction of sp³-hybridized carbons (Fsp3) is 0.553. The Bertz CT molecular complexity index is 2170. The number of rotatable bonds is 11. The summed E-state index contributed by atoms with van der Waals surface area (Å²) in [6.45, 7) is 6.44. The maximum Gasteiger partial charge on any atom is 0.318 e.